The molecule has 5 aromatic carbocycles. The topological polar surface area (TPSA) is 69.3 Å². The molecule has 9 aromatic rings. The normalized spacial score (nSPS) is 12.2. The van der Waals surface area contributed by atoms with E-state index in [2.05, 4.69) is 101 Å². The van der Waals surface area contributed by atoms with Crippen molar-refractivity contribution in [2.45, 2.75) is 6.42 Å². The van der Waals surface area contributed by atoms with Crippen LogP contribution in [-0.4, -0.2) is 14.4 Å². The van der Waals surface area contributed by atoms with Gasteiger partial charge in [-0.1, -0.05) is 103 Å². The fourth-order valence-corrected chi connectivity index (χ4v) is 6.45. The number of benzene rings is 5. The fraction of sp³-hybridized carbons (Fsp3) is 0.0256. The van der Waals surface area contributed by atoms with Crippen molar-refractivity contribution in [2.75, 3.05) is 5.73 Å². The first-order valence-corrected chi connectivity index (χ1v) is 14.8. The number of hydrogen-bond acceptors (Lipinski definition) is 4. The zero-order valence-electron chi connectivity index (χ0n) is 23.7. The highest BCUT2D eigenvalue weighted by Gasteiger charge is 2.19. The molecule has 0 saturated heterocycles. The number of hydrogen-bond donors (Lipinski definition) is 1. The van der Waals surface area contributed by atoms with E-state index >= 15 is 0 Å². The van der Waals surface area contributed by atoms with E-state index in [1.165, 1.54) is 5.56 Å². The summed E-state index contributed by atoms with van der Waals surface area (Å²) in [5.74, 6) is 0. The lowest BCUT2D eigenvalue weighted by atomic mass is 10.0. The van der Waals surface area contributed by atoms with E-state index in [1.807, 2.05) is 36.4 Å². The van der Waals surface area contributed by atoms with Crippen LogP contribution in [0.5, 0.6) is 0 Å². The minimum Gasteiger partial charge on any atom is -0.439 e. The van der Waals surface area contributed by atoms with Gasteiger partial charge in [0.15, 0.2) is 0 Å². The second-order valence-corrected chi connectivity index (χ2v) is 11.2. The first-order chi connectivity index (χ1) is 21.7. The molecule has 9 rings (SSSR count). The Kier molecular flexibility index (Phi) is 5.34. The highest BCUT2D eigenvalue weighted by Crippen LogP contribution is 2.38. The van der Waals surface area contributed by atoms with Crippen molar-refractivity contribution in [1.82, 2.24) is 14.4 Å². The summed E-state index contributed by atoms with van der Waals surface area (Å²) < 4.78 is 8.71. The zero-order chi connectivity index (χ0) is 29.2. The Morgan fingerprint density at radius 1 is 0.727 bits per heavy atom. The lowest BCUT2D eigenvalue weighted by Gasteiger charge is -2.08. The van der Waals surface area contributed by atoms with Gasteiger partial charge < -0.3 is 10.2 Å². The second kappa shape index (κ2) is 9.54. The number of allylic oxidation sites excluding steroid dienone is 1. The van der Waals surface area contributed by atoms with Crippen molar-refractivity contribution < 1.29 is 4.42 Å². The van der Waals surface area contributed by atoms with Crippen LogP contribution in [0.1, 0.15) is 11.1 Å². The third kappa shape index (κ3) is 3.73. The average Bonchev–Trinajstić information content (AvgIpc) is 3.65. The van der Waals surface area contributed by atoms with Crippen molar-refractivity contribution in [1.29, 1.82) is 0 Å². The molecule has 0 radical (unpaired) electrons. The lowest BCUT2D eigenvalue weighted by molar-refractivity contribution is 0.650. The van der Waals surface area contributed by atoms with Crippen molar-refractivity contribution >= 4 is 72.2 Å². The number of anilines is 1. The molecule has 0 spiro atoms. The summed E-state index contributed by atoms with van der Waals surface area (Å²) in [5.41, 5.74) is 16.9. The molecule has 0 fully saturated rings. The minimum atomic E-state index is 0.691. The molecule has 4 aromatic heterocycles. The van der Waals surface area contributed by atoms with Crippen molar-refractivity contribution in [3.8, 4) is 11.3 Å². The van der Waals surface area contributed by atoms with Crippen LogP contribution in [-0.2, 0) is 6.42 Å². The number of furan rings is 1. The van der Waals surface area contributed by atoms with Gasteiger partial charge in [0, 0.05) is 21.7 Å². The van der Waals surface area contributed by atoms with E-state index < -0.39 is 0 Å². The van der Waals surface area contributed by atoms with E-state index in [1.54, 1.807) is 0 Å². The molecule has 208 valence electrons. The van der Waals surface area contributed by atoms with Gasteiger partial charge in [0.25, 0.3) is 0 Å². The summed E-state index contributed by atoms with van der Waals surface area (Å²) in [6.45, 7) is 0. The Morgan fingerprint density at radius 2 is 1.52 bits per heavy atom. The molecule has 5 heteroatoms. The molecule has 0 aliphatic heterocycles. The monoisotopic (exact) mass is 566 g/mol. The van der Waals surface area contributed by atoms with E-state index in [4.69, 9.17) is 20.1 Å². The smallest absolute Gasteiger partial charge is 0.215 e. The van der Waals surface area contributed by atoms with Gasteiger partial charge in [-0.3, -0.25) is 4.40 Å². The maximum atomic E-state index is 6.66. The van der Waals surface area contributed by atoms with Crippen LogP contribution in [0.3, 0.4) is 0 Å². The van der Waals surface area contributed by atoms with Crippen LogP contribution in [0.25, 0.3) is 77.8 Å². The first kappa shape index (κ1) is 24.6. The van der Waals surface area contributed by atoms with E-state index in [0.717, 1.165) is 83.7 Å². The Hall–Kier alpha value is -5.94. The van der Waals surface area contributed by atoms with Gasteiger partial charge in [0.1, 0.15) is 11.2 Å². The summed E-state index contributed by atoms with van der Waals surface area (Å²) >= 11 is 0. The Labute approximate surface area is 252 Å². The van der Waals surface area contributed by atoms with Crippen LogP contribution in [0.2, 0.25) is 0 Å². The highest BCUT2D eigenvalue weighted by molar-refractivity contribution is 6.21. The molecule has 2 N–H and O–H groups in total. The van der Waals surface area contributed by atoms with E-state index in [9.17, 15) is 0 Å². The number of pyridine rings is 2. The quantitative estimate of drug-likeness (QED) is 0.215. The van der Waals surface area contributed by atoms with Crippen molar-refractivity contribution in [2.24, 2.45) is 0 Å². The van der Waals surface area contributed by atoms with Gasteiger partial charge in [-0.2, -0.15) is 0 Å². The van der Waals surface area contributed by atoms with Gasteiger partial charge in [0.05, 0.1) is 33.3 Å². The molecule has 4 heterocycles. The number of imidazole rings is 1. The zero-order valence-corrected chi connectivity index (χ0v) is 23.7. The van der Waals surface area contributed by atoms with Gasteiger partial charge in [-0.15, -0.1) is 0 Å². The molecule has 0 amide bonds. The standard InChI is InChI=1S/C39H26N4O/c40-36-26(18-19-27-20-21-31(41-37(27)36)25-10-2-1-3-11-25)12-8-9-24-17-22-34-30(23-24)35-28-13-4-5-14-29(28)38-42-32-15-6-7-16-33(32)43(38)39(35)44-34/h1-8,10-23H,9,40H2/b12-8-. The van der Waals surface area contributed by atoms with Gasteiger partial charge in [-0.25, -0.2) is 9.97 Å². The summed E-state index contributed by atoms with van der Waals surface area (Å²) in [6.07, 6.45) is 5.02. The molecule has 5 nitrogen and oxygen atoms in total. The number of rotatable bonds is 4. The van der Waals surface area contributed by atoms with Gasteiger partial charge in [0.2, 0.25) is 5.71 Å². The maximum Gasteiger partial charge on any atom is 0.215 e. The van der Waals surface area contributed by atoms with E-state index in [0.29, 0.717) is 5.69 Å². The Bertz CT molecular complexity index is 2590. The molecule has 44 heavy (non-hydrogen) atoms. The maximum absolute atomic E-state index is 6.66. The largest absolute Gasteiger partial charge is 0.439 e. The van der Waals surface area contributed by atoms with Crippen LogP contribution in [0.15, 0.2) is 132 Å². The predicted octanol–water partition coefficient (Wildman–Crippen LogP) is 9.59. The Morgan fingerprint density at radius 3 is 2.43 bits per heavy atom. The lowest BCUT2D eigenvalue weighted by Crippen LogP contribution is -1.95. The average molecular weight is 567 g/mol. The molecule has 0 saturated carbocycles. The third-order valence-electron chi connectivity index (χ3n) is 8.59. The SMILES string of the molecule is Nc1c(/C=C\Cc2ccc3oc4c(c3c2)c2ccccc2c2nc3ccccc3n24)ccc2ccc(-c3ccccc3)nc12. The Balaban J connectivity index is 1.12. The molecule has 0 unspecified atom stereocenters. The molecule has 0 aliphatic rings. The fourth-order valence-electron chi connectivity index (χ4n) is 6.45. The highest BCUT2D eigenvalue weighted by atomic mass is 16.3. The number of para-hydroxylation sites is 2. The number of nitrogen functional groups attached to an aromatic ring is 1. The number of nitrogens with two attached hydrogens (primary N) is 1. The molecular formula is C39H26N4O. The van der Waals surface area contributed by atoms with Crippen molar-refractivity contribution in [3.63, 3.8) is 0 Å². The summed E-state index contributed by atoms with van der Waals surface area (Å²) in [4.78, 5) is 9.89. The number of aromatic nitrogens is 3. The van der Waals surface area contributed by atoms with Crippen molar-refractivity contribution in [3.05, 3.63) is 139 Å². The predicted molar refractivity (Wildman–Crippen MR) is 182 cm³/mol. The minimum absolute atomic E-state index is 0.691. The van der Waals surface area contributed by atoms with E-state index in [-0.39, 0.29) is 0 Å². The number of fused-ring (bicyclic) bond motifs is 11. The van der Waals surface area contributed by atoms with Gasteiger partial charge >= 0.3 is 0 Å². The molecule has 0 atom stereocenters. The summed E-state index contributed by atoms with van der Waals surface area (Å²) in [6, 6.07) is 41.6. The first-order valence-electron chi connectivity index (χ1n) is 14.8. The van der Waals surface area contributed by atoms with Gasteiger partial charge in [-0.05, 0) is 53.3 Å². The summed E-state index contributed by atoms with van der Waals surface area (Å²) in [7, 11) is 0. The summed E-state index contributed by atoms with van der Waals surface area (Å²) in [5, 5.41) is 5.49. The molecule has 0 bridgehead atoms. The van der Waals surface area contributed by atoms with Crippen LogP contribution in [0, 0.1) is 0 Å². The molecular weight excluding hydrogens is 540 g/mol. The van der Waals surface area contributed by atoms with Crippen LogP contribution >= 0.6 is 0 Å². The second-order valence-electron chi connectivity index (χ2n) is 11.2. The molecule has 0 aliphatic carbocycles. The number of nitrogens with zero attached hydrogens (tertiary/aromatic N) is 3. The van der Waals surface area contributed by atoms with Crippen LogP contribution in [0.4, 0.5) is 5.69 Å². The van der Waals surface area contributed by atoms with Crippen LogP contribution < -0.4 is 5.73 Å². The third-order valence-corrected chi connectivity index (χ3v) is 8.59.